The van der Waals surface area contributed by atoms with E-state index in [0.717, 1.165) is 30.5 Å². The second kappa shape index (κ2) is 8.62. The van der Waals surface area contributed by atoms with E-state index in [1.807, 2.05) is 26.0 Å². The Morgan fingerprint density at radius 3 is 2.62 bits per heavy atom. The van der Waals surface area contributed by atoms with E-state index >= 15 is 0 Å². The van der Waals surface area contributed by atoms with Gasteiger partial charge in [0.25, 0.3) is 5.91 Å². The molecule has 2 N–H and O–H groups in total. The summed E-state index contributed by atoms with van der Waals surface area (Å²) >= 11 is 0. The molecule has 0 spiro atoms. The summed E-state index contributed by atoms with van der Waals surface area (Å²) in [7, 11) is 1.75. The van der Waals surface area contributed by atoms with Crippen LogP contribution in [0.5, 0.6) is 11.5 Å². The maximum atomic E-state index is 12.8. The molecule has 1 aliphatic carbocycles. The number of hydrogen-bond donors (Lipinski definition) is 2. The van der Waals surface area contributed by atoms with Crippen LogP contribution in [0, 0.1) is 12.8 Å². The third-order valence-electron chi connectivity index (χ3n) is 5.71. The molecule has 10 heteroatoms. The lowest BCUT2D eigenvalue weighted by atomic mass is 10.2. The number of ether oxygens (including phenoxy) is 1. The van der Waals surface area contributed by atoms with Crippen LogP contribution in [0.1, 0.15) is 41.5 Å². The lowest BCUT2D eigenvalue weighted by Gasteiger charge is -2.12. The monoisotopic (exact) mass is 459 g/mol. The highest BCUT2D eigenvalue weighted by molar-refractivity contribution is 6.03. The molecular formula is C24H25N7O3. The molecule has 2 amide bonds. The lowest BCUT2D eigenvalue weighted by molar-refractivity contribution is -0.117. The molecule has 5 rings (SSSR count). The largest absolute Gasteiger partial charge is 0.456 e. The number of aromatic nitrogens is 5. The number of amides is 2. The third kappa shape index (κ3) is 4.47. The molecule has 1 aromatic carbocycles. The van der Waals surface area contributed by atoms with Gasteiger partial charge in [-0.3, -0.25) is 19.6 Å². The van der Waals surface area contributed by atoms with Gasteiger partial charge >= 0.3 is 0 Å². The summed E-state index contributed by atoms with van der Waals surface area (Å²) in [6.45, 7) is 3.91. The van der Waals surface area contributed by atoms with Gasteiger partial charge in [0.15, 0.2) is 5.65 Å². The van der Waals surface area contributed by atoms with Crippen LogP contribution in [0.3, 0.4) is 0 Å². The van der Waals surface area contributed by atoms with Gasteiger partial charge in [-0.25, -0.2) is 4.52 Å². The lowest BCUT2D eigenvalue weighted by Crippen LogP contribution is -2.16. The zero-order valence-corrected chi connectivity index (χ0v) is 19.2. The molecule has 0 radical (unpaired) electrons. The highest BCUT2D eigenvalue weighted by atomic mass is 16.5. The Balaban J connectivity index is 1.32. The first-order valence-corrected chi connectivity index (χ1v) is 11.2. The molecule has 1 saturated carbocycles. The van der Waals surface area contributed by atoms with Crippen LogP contribution in [0.4, 0.5) is 11.6 Å². The number of carbonyl (C=O) groups excluding carboxylic acids is 2. The molecule has 4 aromatic rings. The van der Waals surface area contributed by atoms with E-state index in [1.165, 1.54) is 0 Å². The van der Waals surface area contributed by atoms with Crippen molar-refractivity contribution < 1.29 is 14.3 Å². The van der Waals surface area contributed by atoms with Crippen molar-refractivity contribution in [2.45, 2.75) is 33.1 Å². The van der Waals surface area contributed by atoms with E-state index in [4.69, 9.17) is 4.74 Å². The van der Waals surface area contributed by atoms with E-state index in [1.54, 1.807) is 46.7 Å². The second-order valence-corrected chi connectivity index (χ2v) is 8.40. The third-order valence-corrected chi connectivity index (χ3v) is 5.71. The number of aryl methyl sites for hydroxylation is 3. The molecule has 0 aliphatic heterocycles. The van der Waals surface area contributed by atoms with E-state index in [2.05, 4.69) is 25.8 Å². The fourth-order valence-corrected chi connectivity index (χ4v) is 3.57. The van der Waals surface area contributed by atoms with Gasteiger partial charge in [-0.05, 0) is 56.0 Å². The van der Waals surface area contributed by atoms with Crippen molar-refractivity contribution in [3.63, 3.8) is 0 Å². The Kier molecular flexibility index (Phi) is 5.48. The number of pyridine rings is 1. The zero-order chi connectivity index (χ0) is 23.8. The van der Waals surface area contributed by atoms with Crippen molar-refractivity contribution in [1.29, 1.82) is 0 Å². The number of benzene rings is 1. The van der Waals surface area contributed by atoms with Gasteiger partial charge in [-0.1, -0.05) is 13.0 Å². The summed E-state index contributed by atoms with van der Waals surface area (Å²) in [5.41, 5.74) is 3.50. The zero-order valence-electron chi connectivity index (χ0n) is 19.2. The minimum absolute atomic E-state index is 0.0429. The van der Waals surface area contributed by atoms with Crippen LogP contribution in [0.25, 0.3) is 5.65 Å². The van der Waals surface area contributed by atoms with Gasteiger partial charge in [0.2, 0.25) is 11.9 Å². The van der Waals surface area contributed by atoms with Crippen LogP contribution in [0.2, 0.25) is 0 Å². The van der Waals surface area contributed by atoms with Crippen LogP contribution in [0.15, 0.2) is 42.6 Å². The predicted octanol–water partition coefficient (Wildman–Crippen LogP) is 3.73. The number of nitrogens with one attached hydrogen (secondary N) is 2. The van der Waals surface area contributed by atoms with Crippen LogP contribution < -0.4 is 15.4 Å². The molecule has 10 nitrogen and oxygen atoms in total. The fourth-order valence-electron chi connectivity index (χ4n) is 3.57. The molecular weight excluding hydrogens is 434 g/mol. The first-order valence-electron chi connectivity index (χ1n) is 11.2. The van der Waals surface area contributed by atoms with E-state index < -0.39 is 0 Å². The molecule has 3 heterocycles. The quantitative estimate of drug-likeness (QED) is 0.435. The highest BCUT2D eigenvalue weighted by Gasteiger charge is 2.30. The number of nitrogens with zero attached hydrogens (tertiary/aromatic N) is 5. The maximum absolute atomic E-state index is 12.8. The molecule has 0 saturated heterocycles. The molecule has 3 aromatic heterocycles. The topological polar surface area (TPSA) is 115 Å². The minimum Gasteiger partial charge on any atom is -0.456 e. The van der Waals surface area contributed by atoms with Gasteiger partial charge in [0.05, 0.1) is 11.9 Å². The number of hydrogen-bond acceptors (Lipinski definition) is 6. The highest BCUT2D eigenvalue weighted by Crippen LogP contribution is 2.30. The number of carbonyl (C=O) groups is 2. The van der Waals surface area contributed by atoms with Crippen molar-refractivity contribution in [1.82, 2.24) is 24.4 Å². The summed E-state index contributed by atoms with van der Waals surface area (Å²) in [5, 5.41) is 14.3. The number of fused-ring (bicyclic) bond motifs is 1. The van der Waals surface area contributed by atoms with Crippen LogP contribution in [-0.4, -0.2) is 36.2 Å². The molecule has 34 heavy (non-hydrogen) atoms. The van der Waals surface area contributed by atoms with Gasteiger partial charge < -0.3 is 10.1 Å². The molecule has 174 valence electrons. The summed E-state index contributed by atoms with van der Waals surface area (Å²) in [4.78, 5) is 29.1. The summed E-state index contributed by atoms with van der Waals surface area (Å²) in [6.07, 6.45) is 4.28. The molecule has 1 aliphatic rings. The van der Waals surface area contributed by atoms with Crippen LogP contribution >= 0.6 is 0 Å². The van der Waals surface area contributed by atoms with E-state index in [9.17, 15) is 9.59 Å². The van der Waals surface area contributed by atoms with E-state index in [-0.39, 0.29) is 23.7 Å². The van der Waals surface area contributed by atoms with Crippen LogP contribution in [-0.2, 0) is 18.3 Å². The Bertz CT molecular complexity index is 1400. The Hall–Kier alpha value is -4.21. The normalized spacial score (nSPS) is 13.1. The average Bonchev–Trinajstić information content (AvgIpc) is 3.49. The van der Waals surface area contributed by atoms with Crippen molar-refractivity contribution in [2.75, 3.05) is 10.6 Å². The van der Waals surface area contributed by atoms with Crippen molar-refractivity contribution >= 4 is 29.1 Å². The first-order chi connectivity index (χ1) is 16.4. The standard InChI is InChI=1S/C24H25N7O3/c1-4-16-11-20(30(3)28-16)23(33)25-19-12-17(8-5-14(19)2)34-18-9-10-21-26-24(29-31(21)13-18)27-22(32)15-6-7-15/h5,8-13,15H,4,6-7H2,1-3H3,(H,25,33)(H,27,29,32). The maximum Gasteiger partial charge on any atom is 0.273 e. The Morgan fingerprint density at radius 1 is 1.09 bits per heavy atom. The second-order valence-electron chi connectivity index (χ2n) is 8.40. The summed E-state index contributed by atoms with van der Waals surface area (Å²) < 4.78 is 9.15. The molecule has 1 fully saturated rings. The average molecular weight is 460 g/mol. The van der Waals surface area contributed by atoms with Gasteiger partial charge in [0.1, 0.15) is 17.2 Å². The van der Waals surface area contributed by atoms with Crippen molar-refractivity contribution in [3.8, 4) is 11.5 Å². The Labute approximate surface area is 195 Å². The van der Waals surface area contributed by atoms with Crippen molar-refractivity contribution in [2.24, 2.45) is 13.0 Å². The molecule has 0 atom stereocenters. The summed E-state index contributed by atoms with van der Waals surface area (Å²) in [5.74, 6) is 1.17. The predicted molar refractivity (Wildman–Crippen MR) is 126 cm³/mol. The molecule has 0 bridgehead atoms. The van der Waals surface area contributed by atoms with Gasteiger partial charge in [-0.15, -0.1) is 5.10 Å². The smallest absolute Gasteiger partial charge is 0.273 e. The molecule has 0 unspecified atom stereocenters. The number of anilines is 2. The van der Waals surface area contributed by atoms with E-state index in [0.29, 0.717) is 28.5 Å². The SMILES string of the molecule is CCc1cc(C(=O)Nc2cc(Oc3ccc4nc(NC(=O)C5CC5)nn4c3)ccc2C)n(C)n1. The minimum atomic E-state index is -0.236. The van der Waals surface area contributed by atoms with Crippen molar-refractivity contribution in [3.05, 3.63) is 59.5 Å². The fraction of sp³-hybridized carbons (Fsp3) is 0.292. The number of rotatable bonds is 7. The Morgan fingerprint density at radius 2 is 1.88 bits per heavy atom. The van der Waals surface area contributed by atoms with Gasteiger partial charge in [0, 0.05) is 24.7 Å². The first kappa shape index (κ1) is 21.6. The summed E-state index contributed by atoms with van der Waals surface area (Å²) in [6, 6.07) is 10.8. The van der Waals surface area contributed by atoms with Gasteiger partial charge in [-0.2, -0.15) is 10.1 Å².